The predicted molar refractivity (Wildman–Crippen MR) is 82.6 cm³/mol. The van der Waals surface area contributed by atoms with Gasteiger partial charge in [-0.15, -0.1) is 0 Å². The highest BCUT2D eigenvalue weighted by Crippen LogP contribution is 2.26. The van der Waals surface area contributed by atoms with Crippen molar-refractivity contribution in [2.45, 2.75) is 6.54 Å². The lowest BCUT2D eigenvalue weighted by molar-refractivity contribution is -0.119. The molecule has 0 unspecified atom stereocenters. The van der Waals surface area contributed by atoms with Crippen molar-refractivity contribution in [2.24, 2.45) is 0 Å². The number of nitrogens with zero attached hydrogens (tertiary/aromatic N) is 1. The zero-order chi connectivity index (χ0) is 15.1. The molecule has 5 nitrogen and oxygen atoms in total. The summed E-state index contributed by atoms with van der Waals surface area (Å²) >= 11 is 6.01. The molecule has 0 fully saturated rings. The van der Waals surface area contributed by atoms with Crippen LogP contribution in [-0.2, 0) is 11.3 Å². The van der Waals surface area contributed by atoms with Crippen LogP contribution in [0, 0.1) is 0 Å². The Hall–Kier alpha value is -2.27. The van der Waals surface area contributed by atoms with Gasteiger partial charge in [-0.2, -0.15) is 0 Å². The van der Waals surface area contributed by atoms with Crippen LogP contribution in [0.15, 0.2) is 42.6 Å². The molecule has 0 spiro atoms. The summed E-state index contributed by atoms with van der Waals surface area (Å²) in [5.41, 5.74) is 1.58. The summed E-state index contributed by atoms with van der Waals surface area (Å²) in [5.74, 6) is 0.481. The fraction of sp³-hybridized carbons (Fsp3) is 0.200. The minimum atomic E-state index is -0.118. The average Bonchev–Trinajstić information content (AvgIpc) is 2.52. The highest BCUT2D eigenvalue weighted by atomic mass is 35.5. The number of nitrogens with one attached hydrogen (secondary N) is 2. The van der Waals surface area contributed by atoms with Gasteiger partial charge in [-0.25, -0.2) is 0 Å². The standard InChI is InChI=1S/C15H16ClN3O2/c1-21-14-6-5-11(8-13(14)16)18-10-15(20)19-9-12-4-2-3-7-17-12/h2-8,18H,9-10H2,1H3,(H,19,20). The van der Waals surface area contributed by atoms with Gasteiger partial charge in [0.25, 0.3) is 0 Å². The summed E-state index contributed by atoms with van der Waals surface area (Å²) in [6, 6.07) is 10.8. The van der Waals surface area contributed by atoms with E-state index in [2.05, 4.69) is 15.6 Å². The lowest BCUT2D eigenvalue weighted by Gasteiger charge is -2.09. The van der Waals surface area contributed by atoms with Gasteiger partial charge in [0, 0.05) is 11.9 Å². The lowest BCUT2D eigenvalue weighted by atomic mass is 10.3. The van der Waals surface area contributed by atoms with E-state index in [9.17, 15) is 4.79 Å². The predicted octanol–water partition coefficient (Wildman–Crippen LogP) is 2.47. The van der Waals surface area contributed by atoms with Crippen LogP contribution in [-0.4, -0.2) is 24.5 Å². The van der Waals surface area contributed by atoms with Gasteiger partial charge in [0.05, 0.1) is 30.9 Å². The molecule has 21 heavy (non-hydrogen) atoms. The molecule has 2 rings (SSSR count). The Bertz CT molecular complexity index is 605. The van der Waals surface area contributed by atoms with Crippen LogP contribution in [0.25, 0.3) is 0 Å². The second-order valence-electron chi connectivity index (χ2n) is 4.30. The van der Waals surface area contributed by atoms with Crippen LogP contribution in [0.4, 0.5) is 5.69 Å². The number of aromatic nitrogens is 1. The van der Waals surface area contributed by atoms with Gasteiger partial charge in [-0.3, -0.25) is 9.78 Å². The first kappa shape index (κ1) is 15.1. The minimum absolute atomic E-state index is 0.118. The molecule has 1 aromatic carbocycles. The van der Waals surface area contributed by atoms with Crippen LogP contribution in [0.2, 0.25) is 5.02 Å². The average molecular weight is 306 g/mol. The molecule has 110 valence electrons. The normalized spacial score (nSPS) is 10.0. The van der Waals surface area contributed by atoms with Crippen LogP contribution in [0.1, 0.15) is 5.69 Å². The molecule has 1 amide bonds. The number of amides is 1. The van der Waals surface area contributed by atoms with Gasteiger partial charge in [0.2, 0.25) is 5.91 Å². The summed E-state index contributed by atoms with van der Waals surface area (Å²) < 4.78 is 5.07. The van der Waals surface area contributed by atoms with Gasteiger partial charge in [0.15, 0.2) is 0 Å². The molecule has 1 aromatic heterocycles. The van der Waals surface area contributed by atoms with Crippen LogP contribution in [0.5, 0.6) is 5.75 Å². The number of carbonyl (C=O) groups is 1. The molecule has 2 aromatic rings. The number of hydrogen-bond donors (Lipinski definition) is 2. The Kier molecular flexibility index (Phi) is 5.40. The largest absolute Gasteiger partial charge is 0.495 e. The summed E-state index contributed by atoms with van der Waals surface area (Å²) in [6.45, 7) is 0.570. The summed E-state index contributed by atoms with van der Waals surface area (Å²) in [6.07, 6.45) is 1.69. The smallest absolute Gasteiger partial charge is 0.239 e. The van der Waals surface area contributed by atoms with Gasteiger partial charge in [0.1, 0.15) is 5.75 Å². The fourth-order valence-electron chi connectivity index (χ4n) is 1.71. The van der Waals surface area contributed by atoms with Crippen molar-refractivity contribution in [1.29, 1.82) is 0 Å². The maximum atomic E-state index is 11.7. The molecule has 6 heteroatoms. The van der Waals surface area contributed by atoms with Crippen LogP contribution in [0.3, 0.4) is 0 Å². The Morgan fingerprint density at radius 2 is 2.19 bits per heavy atom. The third-order valence-electron chi connectivity index (χ3n) is 2.80. The van der Waals surface area contributed by atoms with Crippen molar-refractivity contribution in [3.63, 3.8) is 0 Å². The molecule has 0 saturated heterocycles. The Labute approximate surface area is 128 Å². The molecule has 0 atom stereocenters. The molecule has 0 aliphatic rings. The second-order valence-corrected chi connectivity index (χ2v) is 4.71. The van der Waals surface area contributed by atoms with Crippen molar-refractivity contribution in [1.82, 2.24) is 10.3 Å². The molecule has 0 aliphatic carbocycles. The van der Waals surface area contributed by atoms with E-state index in [0.717, 1.165) is 11.4 Å². The molecule has 0 radical (unpaired) electrons. The van der Waals surface area contributed by atoms with Gasteiger partial charge < -0.3 is 15.4 Å². The molecule has 0 bridgehead atoms. The highest BCUT2D eigenvalue weighted by molar-refractivity contribution is 6.32. The molecular formula is C15H16ClN3O2. The summed E-state index contributed by atoms with van der Waals surface area (Å²) in [5, 5.41) is 6.28. The Balaban J connectivity index is 1.80. The second kappa shape index (κ2) is 7.50. The third-order valence-corrected chi connectivity index (χ3v) is 3.09. The first-order chi connectivity index (χ1) is 10.2. The highest BCUT2D eigenvalue weighted by Gasteiger charge is 2.04. The number of pyridine rings is 1. The first-order valence-corrected chi connectivity index (χ1v) is 6.81. The quantitative estimate of drug-likeness (QED) is 0.860. The molecular weight excluding hydrogens is 290 g/mol. The number of benzene rings is 1. The Morgan fingerprint density at radius 1 is 1.33 bits per heavy atom. The number of anilines is 1. The molecule has 0 saturated carbocycles. The van der Waals surface area contributed by atoms with Gasteiger partial charge >= 0.3 is 0 Å². The van der Waals surface area contributed by atoms with Crippen molar-refractivity contribution in [3.8, 4) is 5.75 Å². The number of hydrogen-bond acceptors (Lipinski definition) is 4. The van der Waals surface area contributed by atoms with E-state index in [4.69, 9.17) is 16.3 Å². The molecule has 2 N–H and O–H groups in total. The van der Waals surface area contributed by atoms with Gasteiger partial charge in [-0.05, 0) is 30.3 Å². The van der Waals surface area contributed by atoms with E-state index >= 15 is 0 Å². The summed E-state index contributed by atoms with van der Waals surface area (Å²) in [7, 11) is 1.55. The van der Waals surface area contributed by atoms with Crippen molar-refractivity contribution in [3.05, 3.63) is 53.3 Å². The monoisotopic (exact) mass is 305 g/mol. The topological polar surface area (TPSA) is 63.2 Å². The SMILES string of the molecule is COc1ccc(NCC(=O)NCc2ccccn2)cc1Cl. The third kappa shape index (κ3) is 4.65. The zero-order valence-electron chi connectivity index (χ0n) is 11.6. The number of ether oxygens (including phenoxy) is 1. The van der Waals surface area contributed by atoms with E-state index in [1.807, 2.05) is 18.2 Å². The van der Waals surface area contributed by atoms with E-state index in [1.165, 1.54) is 0 Å². The van der Waals surface area contributed by atoms with E-state index in [0.29, 0.717) is 17.3 Å². The Morgan fingerprint density at radius 3 is 2.86 bits per heavy atom. The maximum Gasteiger partial charge on any atom is 0.239 e. The summed E-state index contributed by atoms with van der Waals surface area (Å²) in [4.78, 5) is 15.9. The maximum absolute atomic E-state index is 11.7. The van der Waals surface area contributed by atoms with Crippen molar-refractivity contribution >= 4 is 23.2 Å². The fourth-order valence-corrected chi connectivity index (χ4v) is 1.97. The lowest BCUT2D eigenvalue weighted by Crippen LogP contribution is -2.29. The zero-order valence-corrected chi connectivity index (χ0v) is 12.4. The van der Waals surface area contributed by atoms with Crippen molar-refractivity contribution < 1.29 is 9.53 Å². The van der Waals surface area contributed by atoms with E-state index < -0.39 is 0 Å². The van der Waals surface area contributed by atoms with E-state index in [-0.39, 0.29) is 12.5 Å². The number of rotatable bonds is 6. The minimum Gasteiger partial charge on any atom is -0.495 e. The molecule has 1 heterocycles. The molecule has 0 aliphatic heterocycles. The van der Waals surface area contributed by atoms with Crippen LogP contribution >= 0.6 is 11.6 Å². The first-order valence-electron chi connectivity index (χ1n) is 6.43. The number of carbonyl (C=O) groups excluding carboxylic acids is 1. The number of methoxy groups -OCH3 is 1. The van der Waals surface area contributed by atoms with Crippen LogP contribution < -0.4 is 15.4 Å². The van der Waals surface area contributed by atoms with Gasteiger partial charge in [-0.1, -0.05) is 17.7 Å². The van der Waals surface area contributed by atoms with E-state index in [1.54, 1.807) is 31.5 Å². The van der Waals surface area contributed by atoms with Crippen molar-refractivity contribution in [2.75, 3.05) is 19.0 Å². The number of halogens is 1.